The predicted octanol–water partition coefficient (Wildman–Crippen LogP) is 0.552. The van der Waals surface area contributed by atoms with Crippen molar-refractivity contribution in [1.82, 2.24) is 15.0 Å². The van der Waals surface area contributed by atoms with Crippen molar-refractivity contribution < 1.29 is 13.3 Å². The van der Waals surface area contributed by atoms with Crippen molar-refractivity contribution in [1.29, 1.82) is 0 Å². The molecule has 1 aromatic rings. The molecule has 0 radical (unpaired) electrons. The maximum atomic E-state index is 5.31. The minimum Gasteiger partial charge on any atom is -0.377 e. The molecule has 0 aliphatic heterocycles. The van der Waals surface area contributed by atoms with Gasteiger partial charge in [0.15, 0.2) is 0 Å². The number of hydrogen-bond donors (Lipinski definition) is 1. The Bertz CT molecular complexity index is 302. The van der Waals surface area contributed by atoms with Crippen molar-refractivity contribution >= 4 is 14.8 Å². The van der Waals surface area contributed by atoms with E-state index in [1.165, 1.54) is 12.7 Å². The van der Waals surface area contributed by atoms with Gasteiger partial charge in [0.1, 0.15) is 12.7 Å². The first-order valence-electron chi connectivity index (χ1n) is 5.27. The third kappa shape index (κ3) is 4.34. The Morgan fingerprint density at radius 2 is 1.71 bits per heavy atom. The molecule has 8 heteroatoms. The smallest absolute Gasteiger partial charge is 0.377 e. The molecule has 0 amide bonds. The minimum atomic E-state index is -2.45. The van der Waals surface area contributed by atoms with Crippen LogP contribution in [0.4, 0.5) is 5.95 Å². The van der Waals surface area contributed by atoms with E-state index in [0.717, 1.165) is 19.0 Å². The van der Waals surface area contributed by atoms with E-state index in [1.807, 2.05) is 0 Å². The summed E-state index contributed by atoms with van der Waals surface area (Å²) in [6.07, 6.45) is 3.76. The van der Waals surface area contributed by atoms with Gasteiger partial charge in [-0.1, -0.05) is 0 Å². The second kappa shape index (κ2) is 7.28. The van der Waals surface area contributed by atoms with Crippen molar-refractivity contribution in [2.45, 2.75) is 12.5 Å². The van der Waals surface area contributed by atoms with E-state index in [0.29, 0.717) is 5.95 Å². The highest BCUT2D eigenvalue weighted by atomic mass is 28.4. The number of aromatic nitrogens is 3. The van der Waals surface area contributed by atoms with Crippen molar-refractivity contribution in [3.63, 3.8) is 0 Å². The second-order valence-corrected chi connectivity index (χ2v) is 6.38. The standard InChI is InChI=1S/C9H18N4O3Si/c1-14-17(15-2,16-3)6-4-5-11-9-12-7-10-8-13-9/h7-8H,4-6H2,1-3H3,(H,10,11,12,13). The molecule has 0 aliphatic carbocycles. The van der Waals surface area contributed by atoms with Gasteiger partial charge in [-0.2, -0.15) is 0 Å². The molecule has 1 heterocycles. The Hall–Kier alpha value is -1.09. The maximum Gasteiger partial charge on any atom is 0.500 e. The second-order valence-electron chi connectivity index (χ2n) is 3.29. The van der Waals surface area contributed by atoms with E-state index < -0.39 is 8.80 Å². The lowest BCUT2D eigenvalue weighted by atomic mass is 10.5. The lowest BCUT2D eigenvalue weighted by molar-refractivity contribution is 0.123. The summed E-state index contributed by atoms with van der Waals surface area (Å²) in [7, 11) is 2.38. The van der Waals surface area contributed by atoms with Crippen LogP contribution in [0.3, 0.4) is 0 Å². The van der Waals surface area contributed by atoms with E-state index >= 15 is 0 Å². The van der Waals surface area contributed by atoms with Gasteiger partial charge in [-0.3, -0.25) is 0 Å². The van der Waals surface area contributed by atoms with E-state index in [9.17, 15) is 0 Å². The monoisotopic (exact) mass is 258 g/mol. The van der Waals surface area contributed by atoms with Crippen molar-refractivity contribution in [3.05, 3.63) is 12.7 Å². The van der Waals surface area contributed by atoms with Gasteiger partial charge in [0.2, 0.25) is 5.95 Å². The van der Waals surface area contributed by atoms with Gasteiger partial charge in [-0.05, 0) is 6.42 Å². The van der Waals surface area contributed by atoms with Gasteiger partial charge in [-0.15, -0.1) is 0 Å². The Balaban J connectivity index is 2.28. The molecule has 0 spiro atoms. The van der Waals surface area contributed by atoms with Crippen LogP contribution in [0.2, 0.25) is 6.04 Å². The third-order valence-electron chi connectivity index (χ3n) is 2.37. The van der Waals surface area contributed by atoms with E-state index in [-0.39, 0.29) is 0 Å². The molecule has 17 heavy (non-hydrogen) atoms. The summed E-state index contributed by atoms with van der Waals surface area (Å²) in [6.45, 7) is 0.731. The first-order chi connectivity index (χ1) is 8.26. The number of rotatable bonds is 8. The Labute approximate surface area is 102 Å². The summed E-state index contributed by atoms with van der Waals surface area (Å²) in [5.41, 5.74) is 0. The molecule has 0 unspecified atom stereocenters. The van der Waals surface area contributed by atoms with Crippen molar-refractivity contribution in [3.8, 4) is 0 Å². The highest BCUT2D eigenvalue weighted by Crippen LogP contribution is 2.14. The molecular formula is C9H18N4O3Si. The zero-order valence-corrected chi connectivity index (χ0v) is 11.3. The average Bonchev–Trinajstić information content (AvgIpc) is 2.41. The molecule has 1 aromatic heterocycles. The van der Waals surface area contributed by atoms with Crippen LogP contribution in [-0.4, -0.2) is 51.6 Å². The molecule has 1 N–H and O–H groups in total. The lowest BCUT2D eigenvalue weighted by Gasteiger charge is -2.24. The van der Waals surface area contributed by atoms with Gasteiger partial charge in [0.05, 0.1) is 0 Å². The SMILES string of the molecule is CO[Si](CCCNc1ncncn1)(OC)OC. The zero-order valence-electron chi connectivity index (χ0n) is 10.3. The Morgan fingerprint density at radius 3 is 2.24 bits per heavy atom. The quantitative estimate of drug-likeness (QED) is 0.539. The highest BCUT2D eigenvalue weighted by Gasteiger charge is 2.36. The van der Waals surface area contributed by atoms with Gasteiger partial charge in [0.25, 0.3) is 0 Å². The van der Waals surface area contributed by atoms with Crippen molar-refractivity contribution in [2.24, 2.45) is 0 Å². The fourth-order valence-corrected chi connectivity index (χ4v) is 3.11. The first-order valence-corrected chi connectivity index (χ1v) is 7.21. The Kier molecular flexibility index (Phi) is 5.98. The first kappa shape index (κ1) is 14.0. The molecule has 0 fully saturated rings. The van der Waals surface area contributed by atoms with Crippen LogP contribution >= 0.6 is 0 Å². The highest BCUT2D eigenvalue weighted by molar-refractivity contribution is 6.60. The van der Waals surface area contributed by atoms with Crippen molar-refractivity contribution in [2.75, 3.05) is 33.2 Å². The molecule has 0 bridgehead atoms. The normalized spacial score (nSPS) is 11.5. The van der Waals surface area contributed by atoms with Crippen LogP contribution in [-0.2, 0) is 13.3 Å². The summed E-state index contributed by atoms with van der Waals surface area (Å²) in [5, 5.41) is 3.08. The van der Waals surface area contributed by atoms with Gasteiger partial charge >= 0.3 is 8.80 Å². The summed E-state index contributed by atoms with van der Waals surface area (Å²) < 4.78 is 15.9. The van der Waals surface area contributed by atoms with E-state index in [2.05, 4.69) is 20.3 Å². The summed E-state index contributed by atoms with van der Waals surface area (Å²) in [6, 6.07) is 0.745. The summed E-state index contributed by atoms with van der Waals surface area (Å²) in [5.74, 6) is 0.569. The molecule has 0 aromatic carbocycles. The minimum absolute atomic E-state index is 0.569. The molecule has 7 nitrogen and oxygen atoms in total. The van der Waals surface area contributed by atoms with Gasteiger partial charge < -0.3 is 18.6 Å². The Morgan fingerprint density at radius 1 is 1.12 bits per heavy atom. The van der Waals surface area contributed by atoms with Crippen LogP contribution < -0.4 is 5.32 Å². The largest absolute Gasteiger partial charge is 0.500 e. The number of nitrogens with zero attached hydrogens (tertiary/aromatic N) is 3. The molecule has 0 saturated carbocycles. The third-order valence-corrected chi connectivity index (χ3v) is 5.20. The molecule has 1 rings (SSSR count). The number of nitrogens with one attached hydrogen (secondary N) is 1. The predicted molar refractivity (Wildman–Crippen MR) is 64.5 cm³/mol. The lowest BCUT2D eigenvalue weighted by Crippen LogP contribution is -2.42. The maximum absolute atomic E-state index is 5.31. The fourth-order valence-electron chi connectivity index (χ4n) is 1.39. The molecule has 0 aliphatic rings. The van der Waals surface area contributed by atoms with Gasteiger partial charge in [0, 0.05) is 33.9 Å². The van der Waals surface area contributed by atoms with Crippen LogP contribution in [0, 0.1) is 0 Å². The van der Waals surface area contributed by atoms with Crippen LogP contribution in [0.25, 0.3) is 0 Å². The average molecular weight is 258 g/mol. The van der Waals surface area contributed by atoms with E-state index in [1.54, 1.807) is 21.3 Å². The molecular weight excluding hydrogens is 240 g/mol. The summed E-state index contributed by atoms with van der Waals surface area (Å²) >= 11 is 0. The fraction of sp³-hybridized carbons (Fsp3) is 0.667. The molecule has 0 atom stereocenters. The van der Waals surface area contributed by atoms with Gasteiger partial charge in [-0.25, -0.2) is 15.0 Å². The van der Waals surface area contributed by atoms with Crippen LogP contribution in [0.15, 0.2) is 12.7 Å². The number of anilines is 1. The topological polar surface area (TPSA) is 78.4 Å². The number of hydrogen-bond acceptors (Lipinski definition) is 7. The van der Waals surface area contributed by atoms with Crippen LogP contribution in [0.5, 0.6) is 0 Å². The molecule has 96 valence electrons. The van der Waals surface area contributed by atoms with Crippen LogP contribution in [0.1, 0.15) is 6.42 Å². The van der Waals surface area contributed by atoms with E-state index in [4.69, 9.17) is 13.3 Å². The summed E-state index contributed by atoms with van der Waals surface area (Å²) in [4.78, 5) is 11.7. The molecule has 0 saturated heterocycles. The zero-order chi connectivity index (χ0) is 12.6.